The van der Waals surface area contributed by atoms with Gasteiger partial charge in [-0.25, -0.2) is 13.4 Å². The van der Waals surface area contributed by atoms with E-state index in [2.05, 4.69) is 16.8 Å². The highest BCUT2D eigenvalue weighted by atomic mass is 32.2. The van der Waals surface area contributed by atoms with E-state index in [-0.39, 0.29) is 5.75 Å². The van der Waals surface area contributed by atoms with E-state index in [4.69, 9.17) is 4.98 Å². The van der Waals surface area contributed by atoms with Crippen LogP contribution in [0.5, 0.6) is 0 Å². The summed E-state index contributed by atoms with van der Waals surface area (Å²) in [5, 5.41) is 1.06. The first-order chi connectivity index (χ1) is 10.5. The molecule has 0 radical (unpaired) electrons. The van der Waals surface area contributed by atoms with Crippen LogP contribution in [0.1, 0.15) is 23.9 Å². The van der Waals surface area contributed by atoms with Crippen molar-refractivity contribution in [2.24, 2.45) is 0 Å². The maximum absolute atomic E-state index is 12.2. The fraction of sp³-hybridized carbons (Fsp3) is 0.786. The van der Waals surface area contributed by atoms with Crippen molar-refractivity contribution in [3.05, 3.63) is 10.6 Å². The Morgan fingerprint density at radius 3 is 2.59 bits per heavy atom. The largest absolute Gasteiger partial charge is 0.346 e. The van der Waals surface area contributed by atoms with Gasteiger partial charge in [0.25, 0.3) is 0 Å². The number of nitrogens with zero attached hydrogens (tertiary/aromatic N) is 4. The van der Waals surface area contributed by atoms with Gasteiger partial charge in [-0.3, -0.25) is 0 Å². The zero-order valence-corrected chi connectivity index (χ0v) is 14.9. The maximum atomic E-state index is 12.2. The predicted molar refractivity (Wildman–Crippen MR) is 90.0 cm³/mol. The van der Waals surface area contributed by atoms with Gasteiger partial charge < -0.3 is 9.80 Å². The van der Waals surface area contributed by atoms with E-state index in [1.54, 1.807) is 15.6 Å². The first-order valence-electron chi connectivity index (χ1n) is 7.89. The van der Waals surface area contributed by atoms with Gasteiger partial charge in [-0.2, -0.15) is 4.31 Å². The molecule has 1 fully saturated rings. The molecule has 3 rings (SSSR count). The lowest BCUT2D eigenvalue weighted by Gasteiger charge is -2.32. The number of hydrogen-bond acceptors (Lipinski definition) is 6. The highest BCUT2D eigenvalue weighted by Gasteiger charge is 2.29. The normalized spacial score (nSPS) is 21.1. The minimum Gasteiger partial charge on any atom is -0.346 e. The number of piperazine rings is 1. The van der Waals surface area contributed by atoms with Crippen molar-refractivity contribution in [3.8, 4) is 0 Å². The molecule has 8 heteroatoms. The Hall–Kier alpha value is -0.700. The molecule has 0 bridgehead atoms. The van der Waals surface area contributed by atoms with Crippen LogP contribution in [0.15, 0.2) is 0 Å². The van der Waals surface area contributed by atoms with Crippen molar-refractivity contribution in [3.63, 3.8) is 0 Å². The highest BCUT2D eigenvalue weighted by molar-refractivity contribution is 7.89. The quantitative estimate of drug-likeness (QED) is 0.815. The topological polar surface area (TPSA) is 56.8 Å². The third-order valence-corrected chi connectivity index (χ3v) is 7.48. The van der Waals surface area contributed by atoms with Gasteiger partial charge in [-0.1, -0.05) is 6.92 Å². The van der Waals surface area contributed by atoms with E-state index in [1.165, 1.54) is 0 Å². The molecule has 0 N–H and O–H groups in total. The number of rotatable bonds is 4. The highest BCUT2D eigenvalue weighted by Crippen LogP contribution is 2.32. The maximum Gasteiger partial charge on any atom is 0.214 e. The lowest BCUT2D eigenvalue weighted by atomic mass is 10.2. The van der Waals surface area contributed by atoms with Gasteiger partial charge in [-0.05, 0) is 13.5 Å². The van der Waals surface area contributed by atoms with Gasteiger partial charge in [0.1, 0.15) is 0 Å². The van der Waals surface area contributed by atoms with E-state index in [0.29, 0.717) is 19.5 Å². The van der Waals surface area contributed by atoms with Crippen molar-refractivity contribution in [2.75, 3.05) is 50.4 Å². The third kappa shape index (κ3) is 3.29. The zero-order chi connectivity index (χ0) is 15.7. The molecular weight excluding hydrogens is 320 g/mol. The molecule has 22 heavy (non-hydrogen) atoms. The standard InChI is InChI=1S/C14H24N4O2S2/c1-3-10-22(19,20)18-5-4-12-13(11-18)21-14(15-12)17-8-6-16(2)7-9-17/h3-11H2,1-2H3. The van der Waals surface area contributed by atoms with Crippen molar-refractivity contribution in [1.82, 2.24) is 14.2 Å². The summed E-state index contributed by atoms with van der Waals surface area (Å²) in [6, 6.07) is 0. The molecule has 2 aliphatic heterocycles. The minimum atomic E-state index is -3.11. The Balaban J connectivity index is 1.73. The van der Waals surface area contributed by atoms with Gasteiger partial charge in [0, 0.05) is 50.6 Å². The zero-order valence-electron chi connectivity index (χ0n) is 13.3. The second-order valence-electron chi connectivity index (χ2n) is 6.06. The Labute approximate surface area is 136 Å². The SMILES string of the molecule is CCCS(=O)(=O)N1CCc2nc(N3CCN(C)CC3)sc2C1. The average molecular weight is 345 g/mol. The summed E-state index contributed by atoms with van der Waals surface area (Å²) in [7, 11) is -0.967. The monoisotopic (exact) mass is 344 g/mol. The molecule has 0 aromatic carbocycles. The smallest absolute Gasteiger partial charge is 0.214 e. The van der Waals surface area contributed by atoms with Crippen molar-refractivity contribution >= 4 is 26.5 Å². The predicted octanol–water partition coefficient (Wildman–Crippen LogP) is 0.993. The molecule has 0 aliphatic carbocycles. The Kier molecular flexibility index (Phi) is 4.72. The molecule has 0 saturated carbocycles. The number of aromatic nitrogens is 1. The van der Waals surface area contributed by atoms with Crippen molar-refractivity contribution in [2.45, 2.75) is 26.3 Å². The average Bonchev–Trinajstić information content (AvgIpc) is 2.90. The summed E-state index contributed by atoms with van der Waals surface area (Å²) < 4.78 is 26.1. The molecule has 0 amide bonds. The number of hydrogen-bond donors (Lipinski definition) is 0. The van der Waals surface area contributed by atoms with Crippen LogP contribution in [0.2, 0.25) is 0 Å². The van der Waals surface area contributed by atoms with E-state index in [9.17, 15) is 8.42 Å². The fourth-order valence-electron chi connectivity index (χ4n) is 2.92. The molecule has 3 heterocycles. The van der Waals surface area contributed by atoms with Crippen LogP contribution < -0.4 is 4.90 Å². The van der Waals surface area contributed by atoms with Gasteiger partial charge in [0.05, 0.1) is 11.4 Å². The first-order valence-corrected chi connectivity index (χ1v) is 10.3. The second-order valence-corrected chi connectivity index (χ2v) is 9.21. The Bertz CT molecular complexity index is 621. The molecular formula is C14H24N4O2S2. The van der Waals surface area contributed by atoms with E-state index < -0.39 is 10.0 Å². The number of thiazole rings is 1. The molecule has 6 nitrogen and oxygen atoms in total. The first kappa shape index (κ1) is 16.2. The van der Waals surface area contributed by atoms with Crippen LogP contribution in [-0.2, 0) is 23.0 Å². The van der Waals surface area contributed by atoms with Crippen LogP contribution >= 0.6 is 11.3 Å². The van der Waals surface area contributed by atoms with Crippen LogP contribution in [0, 0.1) is 0 Å². The van der Waals surface area contributed by atoms with Gasteiger partial charge in [0.2, 0.25) is 10.0 Å². The Morgan fingerprint density at radius 1 is 1.18 bits per heavy atom. The molecule has 0 atom stereocenters. The van der Waals surface area contributed by atoms with Crippen LogP contribution in [0.3, 0.4) is 0 Å². The summed E-state index contributed by atoms with van der Waals surface area (Å²) in [5.74, 6) is 0.243. The summed E-state index contributed by atoms with van der Waals surface area (Å²) >= 11 is 1.67. The Morgan fingerprint density at radius 2 is 1.91 bits per heavy atom. The molecule has 1 aromatic heterocycles. The minimum absolute atomic E-state index is 0.243. The van der Waals surface area contributed by atoms with E-state index in [0.717, 1.165) is 48.3 Å². The second kappa shape index (κ2) is 6.43. The lowest BCUT2D eigenvalue weighted by molar-refractivity contribution is 0.312. The summed E-state index contributed by atoms with van der Waals surface area (Å²) in [4.78, 5) is 10.5. The van der Waals surface area contributed by atoms with Gasteiger partial charge in [-0.15, -0.1) is 11.3 Å². The van der Waals surface area contributed by atoms with E-state index >= 15 is 0 Å². The fourth-order valence-corrected chi connectivity index (χ4v) is 5.64. The van der Waals surface area contributed by atoms with Crippen LogP contribution in [0.25, 0.3) is 0 Å². The summed E-state index contributed by atoms with van der Waals surface area (Å²) in [6.45, 7) is 7.10. The summed E-state index contributed by atoms with van der Waals surface area (Å²) in [6.07, 6.45) is 1.41. The third-order valence-electron chi connectivity index (χ3n) is 4.31. The van der Waals surface area contributed by atoms with Gasteiger partial charge in [0.15, 0.2) is 5.13 Å². The lowest BCUT2D eigenvalue weighted by Crippen LogP contribution is -2.44. The van der Waals surface area contributed by atoms with Crippen LogP contribution in [-0.4, -0.2) is 68.1 Å². The molecule has 2 aliphatic rings. The molecule has 0 spiro atoms. The van der Waals surface area contributed by atoms with Gasteiger partial charge >= 0.3 is 0 Å². The number of fused-ring (bicyclic) bond motifs is 1. The molecule has 0 unspecified atom stereocenters. The molecule has 1 aromatic rings. The molecule has 1 saturated heterocycles. The van der Waals surface area contributed by atoms with Crippen molar-refractivity contribution < 1.29 is 8.42 Å². The number of likely N-dealkylation sites (N-methyl/N-ethyl adjacent to an activating group) is 1. The van der Waals surface area contributed by atoms with Crippen LogP contribution in [0.4, 0.5) is 5.13 Å². The summed E-state index contributed by atoms with van der Waals surface area (Å²) in [5.41, 5.74) is 1.10. The number of sulfonamides is 1. The van der Waals surface area contributed by atoms with Crippen molar-refractivity contribution in [1.29, 1.82) is 0 Å². The number of anilines is 1. The van der Waals surface area contributed by atoms with E-state index in [1.807, 2.05) is 6.92 Å². The molecule has 124 valence electrons.